The van der Waals surface area contributed by atoms with Crippen LogP contribution in [-0.4, -0.2) is 41.1 Å². The number of carboxylic acids is 1. The lowest BCUT2D eigenvalue weighted by molar-refractivity contribution is -0.129. The van der Waals surface area contributed by atoms with Crippen molar-refractivity contribution in [2.24, 2.45) is 0 Å². The van der Waals surface area contributed by atoms with Gasteiger partial charge in [-0.2, -0.15) is 0 Å². The van der Waals surface area contributed by atoms with Gasteiger partial charge in [0.2, 0.25) is 5.91 Å². The molecule has 27 heavy (non-hydrogen) atoms. The van der Waals surface area contributed by atoms with Gasteiger partial charge in [0.05, 0.1) is 11.6 Å². The predicted octanol–water partition coefficient (Wildman–Crippen LogP) is 4.30. The minimum atomic E-state index is -0.949. The second kappa shape index (κ2) is 8.63. The second-order valence-electron chi connectivity index (χ2n) is 6.45. The fourth-order valence-electron chi connectivity index (χ4n) is 3.14. The highest BCUT2D eigenvalue weighted by Gasteiger charge is 2.31. The first-order valence-electron chi connectivity index (χ1n) is 8.63. The average molecular weight is 408 g/mol. The fraction of sp³-hybridized carbons (Fsp3) is 0.300. The summed E-state index contributed by atoms with van der Waals surface area (Å²) in [4.78, 5) is 25.0. The SMILES string of the molecule is O=C(O)c1ccc(CCN2C(=O)CCC2COc2cc(Cl)cc(Cl)c2)cc1. The highest BCUT2D eigenvalue weighted by molar-refractivity contribution is 6.34. The Kier molecular flexibility index (Phi) is 6.24. The van der Waals surface area contributed by atoms with Gasteiger partial charge in [-0.25, -0.2) is 4.79 Å². The minimum Gasteiger partial charge on any atom is -0.491 e. The van der Waals surface area contributed by atoms with Crippen molar-refractivity contribution < 1.29 is 19.4 Å². The summed E-state index contributed by atoms with van der Waals surface area (Å²) < 4.78 is 5.80. The van der Waals surface area contributed by atoms with Crippen molar-refractivity contribution >= 4 is 35.1 Å². The molecule has 1 aliphatic heterocycles. The van der Waals surface area contributed by atoms with Crippen LogP contribution in [0.4, 0.5) is 0 Å². The molecule has 1 N–H and O–H groups in total. The normalized spacial score (nSPS) is 16.6. The summed E-state index contributed by atoms with van der Waals surface area (Å²) in [5.74, 6) is -0.263. The smallest absolute Gasteiger partial charge is 0.335 e. The Morgan fingerprint density at radius 2 is 1.81 bits per heavy atom. The number of nitrogens with zero attached hydrogens (tertiary/aromatic N) is 1. The van der Waals surface area contributed by atoms with Gasteiger partial charge < -0.3 is 14.7 Å². The second-order valence-corrected chi connectivity index (χ2v) is 7.32. The molecule has 2 aromatic rings. The van der Waals surface area contributed by atoms with E-state index in [1.807, 2.05) is 4.90 Å². The Hall–Kier alpha value is -2.24. The number of rotatable bonds is 7. The molecule has 1 amide bonds. The van der Waals surface area contributed by atoms with Crippen molar-refractivity contribution in [1.82, 2.24) is 4.90 Å². The topological polar surface area (TPSA) is 66.8 Å². The van der Waals surface area contributed by atoms with E-state index in [0.717, 1.165) is 12.0 Å². The van der Waals surface area contributed by atoms with E-state index in [9.17, 15) is 9.59 Å². The first-order valence-corrected chi connectivity index (χ1v) is 9.38. The van der Waals surface area contributed by atoms with Crippen molar-refractivity contribution in [3.05, 3.63) is 63.6 Å². The van der Waals surface area contributed by atoms with Crippen LogP contribution in [0.3, 0.4) is 0 Å². The van der Waals surface area contributed by atoms with Crippen molar-refractivity contribution in [2.75, 3.05) is 13.2 Å². The molecule has 0 bridgehead atoms. The zero-order valence-electron chi connectivity index (χ0n) is 14.5. The van der Waals surface area contributed by atoms with Crippen LogP contribution in [0.2, 0.25) is 10.0 Å². The zero-order chi connectivity index (χ0) is 19.4. The van der Waals surface area contributed by atoms with Gasteiger partial charge in [-0.3, -0.25) is 4.79 Å². The van der Waals surface area contributed by atoms with E-state index in [1.165, 1.54) is 0 Å². The molecule has 1 unspecified atom stereocenters. The Morgan fingerprint density at radius 1 is 1.15 bits per heavy atom. The van der Waals surface area contributed by atoms with Crippen LogP contribution in [-0.2, 0) is 11.2 Å². The molecule has 0 aliphatic carbocycles. The number of hydrogen-bond acceptors (Lipinski definition) is 3. The van der Waals surface area contributed by atoms with Crippen molar-refractivity contribution in [3.63, 3.8) is 0 Å². The maximum atomic E-state index is 12.2. The molecule has 0 aromatic heterocycles. The Labute approximate surface area is 167 Å². The maximum absolute atomic E-state index is 12.2. The lowest BCUT2D eigenvalue weighted by Crippen LogP contribution is -2.38. The van der Waals surface area contributed by atoms with Gasteiger partial charge in [0, 0.05) is 23.0 Å². The van der Waals surface area contributed by atoms with Crippen molar-refractivity contribution in [2.45, 2.75) is 25.3 Å². The zero-order valence-corrected chi connectivity index (χ0v) is 16.0. The van der Waals surface area contributed by atoms with Gasteiger partial charge in [0.1, 0.15) is 12.4 Å². The Bertz CT molecular complexity index is 818. The third-order valence-electron chi connectivity index (χ3n) is 4.57. The molecule has 1 saturated heterocycles. The molecule has 7 heteroatoms. The predicted molar refractivity (Wildman–Crippen MR) is 104 cm³/mol. The lowest BCUT2D eigenvalue weighted by atomic mass is 10.1. The highest BCUT2D eigenvalue weighted by Crippen LogP contribution is 2.26. The number of aromatic carboxylic acids is 1. The van der Waals surface area contributed by atoms with Crippen LogP contribution >= 0.6 is 23.2 Å². The molecule has 2 aromatic carbocycles. The standard InChI is InChI=1S/C20H19Cl2NO4/c21-15-9-16(22)11-18(10-15)27-12-17-5-6-19(24)23(17)8-7-13-1-3-14(4-2-13)20(25)26/h1-4,9-11,17H,5-8,12H2,(H,25,26). The molecule has 142 valence electrons. The summed E-state index contributed by atoms with van der Waals surface area (Å²) in [5, 5.41) is 9.95. The number of likely N-dealkylation sites (tertiary alicyclic amines) is 1. The molecule has 1 heterocycles. The quantitative estimate of drug-likeness (QED) is 0.742. The fourth-order valence-corrected chi connectivity index (χ4v) is 3.65. The third-order valence-corrected chi connectivity index (χ3v) is 5.01. The first-order chi connectivity index (χ1) is 12.9. The number of ether oxygens (including phenoxy) is 1. The molecule has 5 nitrogen and oxygen atoms in total. The molecular weight excluding hydrogens is 389 g/mol. The largest absolute Gasteiger partial charge is 0.491 e. The number of halogens is 2. The van der Waals surface area contributed by atoms with Gasteiger partial charge in [0.25, 0.3) is 0 Å². The number of hydrogen-bond donors (Lipinski definition) is 1. The average Bonchev–Trinajstić information content (AvgIpc) is 2.97. The number of benzene rings is 2. The summed E-state index contributed by atoms with van der Waals surface area (Å²) in [7, 11) is 0. The van der Waals surface area contributed by atoms with Crippen LogP contribution in [0.5, 0.6) is 5.75 Å². The van der Waals surface area contributed by atoms with Crippen LogP contribution in [0.25, 0.3) is 0 Å². The van der Waals surface area contributed by atoms with Gasteiger partial charge in [-0.1, -0.05) is 35.3 Å². The van der Waals surface area contributed by atoms with Crippen LogP contribution in [0, 0.1) is 0 Å². The highest BCUT2D eigenvalue weighted by atomic mass is 35.5. The van der Waals surface area contributed by atoms with E-state index in [2.05, 4.69) is 0 Å². The number of amides is 1. The summed E-state index contributed by atoms with van der Waals surface area (Å²) in [6.07, 6.45) is 1.90. The number of carbonyl (C=O) groups excluding carboxylic acids is 1. The molecule has 0 radical (unpaired) electrons. The molecule has 0 saturated carbocycles. The van der Waals surface area contributed by atoms with Crippen LogP contribution in [0.15, 0.2) is 42.5 Å². The summed E-state index contributed by atoms with van der Waals surface area (Å²) >= 11 is 12.0. The molecule has 1 fully saturated rings. The lowest BCUT2D eigenvalue weighted by Gasteiger charge is -2.25. The monoisotopic (exact) mass is 407 g/mol. The molecular formula is C20H19Cl2NO4. The maximum Gasteiger partial charge on any atom is 0.335 e. The third kappa shape index (κ3) is 5.15. The molecule has 1 aliphatic rings. The summed E-state index contributed by atoms with van der Waals surface area (Å²) in [5.41, 5.74) is 1.24. The van der Waals surface area contributed by atoms with E-state index in [1.54, 1.807) is 42.5 Å². The first kappa shape index (κ1) is 19.5. The van der Waals surface area contributed by atoms with Gasteiger partial charge in [-0.15, -0.1) is 0 Å². The molecule has 1 atom stereocenters. The van der Waals surface area contributed by atoms with E-state index in [-0.39, 0.29) is 17.5 Å². The van der Waals surface area contributed by atoms with Gasteiger partial charge in [-0.05, 0) is 48.7 Å². The summed E-state index contributed by atoms with van der Waals surface area (Å²) in [6, 6.07) is 11.7. The van der Waals surface area contributed by atoms with Crippen LogP contribution < -0.4 is 4.74 Å². The summed E-state index contributed by atoms with van der Waals surface area (Å²) in [6.45, 7) is 0.940. The molecule has 3 rings (SSSR count). The Balaban J connectivity index is 1.58. The van der Waals surface area contributed by atoms with E-state index >= 15 is 0 Å². The minimum absolute atomic E-state index is 0.00597. The van der Waals surface area contributed by atoms with E-state index < -0.39 is 5.97 Å². The number of carbonyl (C=O) groups is 2. The van der Waals surface area contributed by atoms with Crippen molar-refractivity contribution in [1.29, 1.82) is 0 Å². The van der Waals surface area contributed by atoms with Crippen LogP contribution in [0.1, 0.15) is 28.8 Å². The van der Waals surface area contributed by atoms with Crippen molar-refractivity contribution in [3.8, 4) is 5.75 Å². The van der Waals surface area contributed by atoms with Gasteiger partial charge in [0.15, 0.2) is 0 Å². The van der Waals surface area contributed by atoms with E-state index in [4.69, 9.17) is 33.0 Å². The molecule has 0 spiro atoms. The van der Waals surface area contributed by atoms with E-state index in [0.29, 0.717) is 41.8 Å². The Morgan fingerprint density at radius 3 is 2.44 bits per heavy atom. The van der Waals surface area contributed by atoms with Gasteiger partial charge >= 0.3 is 5.97 Å². The number of carboxylic acid groups (broad SMARTS) is 1.